The van der Waals surface area contributed by atoms with Crippen molar-refractivity contribution >= 4 is 23.6 Å². The van der Waals surface area contributed by atoms with Crippen LogP contribution in [-0.4, -0.2) is 22.8 Å². The van der Waals surface area contributed by atoms with Crippen LogP contribution in [0.3, 0.4) is 0 Å². The highest BCUT2D eigenvalue weighted by Gasteiger charge is 2.63. The van der Waals surface area contributed by atoms with Gasteiger partial charge in [0.05, 0.1) is 29.6 Å². The van der Waals surface area contributed by atoms with Crippen molar-refractivity contribution in [2.24, 2.45) is 11.8 Å². The molecule has 0 saturated carbocycles. The summed E-state index contributed by atoms with van der Waals surface area (Å²) >= 11 is 0. The number of benzene rings is 2. The van der Waals surface area contributed by atoms with Gasteiger partial charge in [-0.1, -0.05) is 30.3 Å². The zero-order valence-corrected chi connectivity index (χ0v) is 15.7. The molecule has 5 nitrogen and oxygen atoms in total. The first-order chi connectivity index (χ1) is 13.5. The molecule has 2 amide bonds. The molecule has 0 bridgehead atoms. The average Bonchev–Trinajstić information content (AvgIpc) is 3.13. The van der Waals surface area contributed by atoms with Gasteiger partial charge in [-0.3, -0.25) is 9.59 Å². The lowest BCUT2D eigenvalue weighted by Gasteiger charge is -2.33. The van der Waals surface area contributed by atoms with E-state index in [1.54, 1.807) is 0 Å². The van der Waals surface area contributed by atoms with Gasteiger partial charge in [0.25, 0.3) is 0 Å². The predicted molar refractivity (Wildman–Crippen MR) is 105 cm³/mol. The van der Waals surface area contributed by atoms with Crippen molar-refractivity contribution in [3.05, 3.63) is 70.9 Å². The zero-order chi connectivity index (χ0) is 19.6. The minimum absolute atomic E-state index is 0.210. The molecule has 0 N–H and O–H groups in total. The summed E-state index contributed by atoms with van der Waals surface area (Å²) in [5.41, 5.74) is 4.63. The van der Waals surface area contributed by atoms with Crippen molar-refractivity contribution < 1.29 is 9.59 Å². The van der Waals surface area contributed by atoms with E-state index in [0.717, 1.165) is 22.3 Å². The first-order valence-corrected chi connectivity index (χ1v) is 9.41. The van der Waals surface area contributed by atoms with Gasteiger partial charge in [0.2, 0.25) is 11.8 Å². The van der Waals surface area contributed by atoms with E-state index in [9.17, 15) is 14.9 Å². The van der Waals surface area contributed by atoms with Crippen LogP contribution in [0.15, 0.2) is 48.7 Å². The molecule has 4 atom stereocenters. The Balaban J connectivity index is 1.65. The lowest BCUT2D eigenvalue weighted by atomic mass is 9.85. The molecule has 3 aliphatic heterocycles. The fraction of sp³-hybridized carbons (Fsp3) is 0.261. The third-order valence-electron chi connectivity index (χ3n) is 6.06. The molecular formula is C23H19N3O2. The molecule has 2 aromatic rings. The molecule has 3 aliphatic rings. The summed E-state index contributed by atoms with van der Waals surface area (Å²) < 4.78 is 0. The van der Waals surface area contributed by atoms with E-state index in [2.05, 4.69) is 6.07 Å². The number of nitrogens with zero attached hydrogens (tertiary/aromatic N) is 3. The summed E-state index contributed by atoms with van der Waals surface area (Å²) in [6.07, 6.45) is 3.81. The van der Waals surface area contributed by atoms with Crippen LogP contribution in [0.25, 0.3) is 6.08 Å². The van der Waals surface area contributed by atoms with Gasteiger partial charge >= 0.3 is 0 Å². The molecule has 0 radical (unpaired) electrons. The van der Waals surface area contributed by atoms with Crippen molar-refractivity contribution in [2.75, 3.05) is 4.90 Å². The summed E-state index contributed by atoms with van der Waals surface area (Å²) in [5.74, 6) is -1.69. The summed E-state index contributed by atoms with van der Waals surface area (Å²) in [4.78, 5) is 30.0. The van der Waals surface area contributed by atoms with Crippen LogP contribution < -0.4 is 4.90 Å². The number of hydrogen-bond donors (Lipinski definition) is 0. The highest BCUT2D eigenvalue weighted by Crippen LogP contribution is 2.52. The number of hydrogen-bond acceptors (Lipinski definition) is 4. The number of nitriles is 1. The minimum Gasteiger partial charge on any atom is -0.353 e. The Labute approximate surface area is 163 Å². The number of anilines is 1. The molecule has 5 rings (SSSR count). The highest BCUT2D eigenvalue weighted by atomic mass is 16.2. The van der Waals surface area contributed by atoms with E-state index in [0.29, 0.717) is 5.69 Å². The fourth-order valence-corrected chi connectivity index (χ4v) is 5.04. The van der Waals surface area contributed by atoms with Crippen molar-refractivity contribution in [1.82, 2.24) is 4.90 Å². The maximum Gasteiger partial charge on any atom is 0.240 e. The maximum atomic E-state index is 13.5. The van der Waals surface area contributed by atoms with E-state index in [1.165, 1.54) is 4.90 Å². The number of carbonyl (C=O) groups excluding carboxylic acids is 2. The average molecular weight is 369 g/mol. The normalized spacial score (nSPS) is 27.5. The van der Waals surface area contributed by atoms with E-state index in [1.807, 2.05) is 73.5 Å². The second-order valence-corrected chi connectivity index (χ2v) is 7.82. The first-order valence-electron chi connectivity index (χ1n) is 9.41. The largest absolute Gasteiger partial charge is 0.353 e. The van der Waals surface area contributed by atoms with Gasteiger partial charge in [-0.25, -0.2) is 4.90 Å². The summed E-state index contributed by atoms with van der Waals surface area (Å²) in [7, 11) is 0. The van der Waals surface area contributed by atoms with Gasteiger partial charge in [-0.15, -0.1) is 0 Å². The quantitative estimate of drug-likeness (QED) is 0.723. The van der Waals surface area contributed by atoms with E-state index in [4.69, 9.17) is 0 Å². The molecule has 2 fully saturated rings. The van der Waals surface area contributed by atoms with Crippen LogP contribution in [0.1, 0.15) is 28.3 Å². The molecule has 5 heteroatoms. The van der Waals surface area contributed by atoms with Crippen LogP contribution in [-0.2, 0) is 9.59 Å². The Hall–Kier alpha value is -3.39. The Kier molecular flexibility index (Phi) is 3.47. The van der Waals surface area contributed by atoms with Gasteiger partial charge in [0.15, 0.2) is 0 Å². The summed E-state index contributed by atoms with van der Waals surface area (Å²) in [6, 6.07) is 15.0. The van der Waals surface area contributed by atoms with Crippen LogP contribution in [0.2, 0.25) is 0 Å². The lowest BCUT2D eigenvalue weighted by Crippen LogP contribution is -2.40. The van der Waals surface area contributed by atoms with E-state index < -0.39 is 17.9 Å². The number of imide groups is 1. The Morgan fingerprint density at radius 3 is 2.36 bits per heavy atom. The van der Waals surface area contributed by atoms with Crippen LogP contribution >= 0.6 is 0 Å². The highest BCUT2D eigenvalue weighted by molar-refractivity contribution is 6.23. The van der Waals surface area contributed by atoms with Crippen molar-refractivity contribution in [3.63, 3.8) is 0 Å². The van der Waals surface area contributed by atoms with Crippen LogP contribution in [0, 0.1) is 37.0 Å². The third-order valence-corrected chi connectivity index (χ3v) is 6.06. The van der Waals surface area contributed by atoms with Gasteiger partial charge in [0, 0.05) is 6.20 Å². The zero-order valence-electron chi connectivity index (χ0n) is 15.7. The van der Waals surface area contributed by atoms with Gasteiger partial charge < -0.3 is 4.90 Å². The smallest absolute Gasteiger partial charge is 0.240 e. The van der Waals surface area contributed by atoms with E-state index in [-0.39, 0.29) is 17.9 Å². The number of carbonyl (C=O) groups is 2. The van der Waals surface area contributed by atoms with Gasteiger partial charge in [-0.05, 0) is 54.3 Å². The van der Waals surface area contributed by atoms with Crippen molar-refractivity contribution in [1.29, 1.82) is 5.26 Å². The van der Waals surface area contributed by atoms with Crippen LogP contribution in [0.5, 0.6) is 0 Å². The fourth-order valence-electron chi connectivity index (χ4n) is 5.04. The monoisotopic (exact) mass is 369 g/mol. The molecule has 0 aliphatic carbocycles. The number of amides is 2. The molecule has 138 valence electrons. The molecule has 2 aromatic carbocycles. The SMILES string of the molecule is Cc1cc(C)cc(N2C(=O)[C@@H]3[C@H](C2=O)[C@@H]2c4ccccc4C=CN2[C@@H]3C#N)c1. The second-order valence-electron chi connectivity index (χ2n) is 7.82. The lowest BCUT2D eigenvalue weighted by molar-refractivity contribution is -0.123. The molecule has 0 unspecified atom stereocenters. The number of aryl methyl sites for hydroxylation is 2. The van der Waals surface area contributed by atoms with E-state index >= 15 is 0 Å². The number of rotatable bonds is 1. The predicted octanol–water partition coefficient (Wildman–Crippen LogP) is 3.34. The van der Waals surface area contributed by atoms with Gasteiger partial charge in [0.1, 0.15) is 6.04 Å². The molecular weight excluding hydrogens is 350 g/mol. The van der Waals surface area contributed by atoms with Crippen molar-refractivity contribution in [2.45, 2.75) is 25.9 Å². The first kappa shape index (κ1) is 16.8. The van der Waals surface area contributed by atoms with Crippen molar-refractivity contribution in [3.8, 4) is 6.07 Å². The molecule has 2 saturated heterocycles. The molecule has 28 heavy (non-hydrogen) atoms. The minimum atomic E-state index is -0.654. The summed E-state index contributed by atoms with van der Waals surface area (Å²) in [5, 5.41) is 9.84. The Bertz CT molecular complexity index is 1080. The second kappa shape index (κ2) is 5.80. The van der Waals surface area contributed by atoms with Crippen LogP contribution in [0.4, 0.5) is 5.69 Å². The molecule has 3 heterocycles. The standard InChI is InChI=1S/C23H19N3O2/c1-13-9-14(2)11-16(10-13)26-22(27)19-18(12-24)25-8-7-15-5-3-4-6-17(15)21(25)20(19)23(26)28/h3-11,18-21H,1-2H3/t18-,19+,20+,21+/m1/s1. The topological polar surface area (TPSA) is 64.4 Å². The molecule has 0 aromatic heterocycles. The molecule has 0 spiro atoms. The number of fused-ring (bicyclic) bond motifs is 5. The third kappa shape index (κ3) is 2.12. The van der Waals surface area contributed by atoms with Gasteiger partial charge in [-0.2, -0.15) is 5.26 Å². The summed E-state index contributed by atoms with van der Waals surface area (Å²) in [6.45, 7) is 3.90. The Morgan fingerprint density at radius 1 is 0.964 bits per heavy atom. The Morgan fingerprint density at radius 2 is 1.64 bits per heavy atom. The maximum absolute atomic E-state index is 13.5.